The summed E-state index contributed by atoms with van der Waals surface area (Å²) in [6, 6.07) is 0. The number of rotatable bonds is 6. The highest BCUT2D eigenvalue weighted by atomic mass is 32.2. The van der Waals surface area contributed by atoms with Gasteiger partial charge in [-0.1, -0.05) is 11.8 Å². The predicted molar refractivity (Wildman–Crippen MR) is 52.4 cm³/mol. The molecule has 10 heteroatoms. The van der Waals surface area contributed by atoms with Crippen LogP contribution in [0.15, 0.2) is 0 Å². The fraction of sp³-hybridized carbons (Fsp3) is 0.429. The maximum atomic E-state index is 12.7. The van der Waals surface area contributed by atoms with Crippen molar-refractivity contribution in [2.24, 2.45) is 0 Å². The average Bonchev–Trinajstić information content (AvgIpc) is 1.96. The van der Waals surface area contributed by atoms with E-state index in [1.165, 1.54) is 11.8 Å². The van der Waals surface area contributed by atoms with Crippen molar-refractivity contribution in [1.82, 2.24) is 0 Å². The Morgan fingerprint density at radius 2 is 1.24 bits per heavy atom. The van der Waals surface area contributed by atoms with Crippen LogP contribution >= 0.6 is 0 Å². The highest BCUT2D eigenvalue weighted by Crippen LogP contribution is 2.23. The van der Waals surface area contributed by atoms with Crippen molar-refractivity contribution in [3.63, 3.8) is 0 Å². The third-order valence-electron chi connectivity index (χ3n) is 0.968. The lowest BCUT2D eigenvalue weighted by Gasteiger charge is -2.14. The third kappa shape index (κ3) is 6.86. The number of halogens is 2. The normalized spacial score (nSPS) is 12.7. The van der Waals surface area contributed by atoms with Gasteiger partial charge in [0, 0.05) is 0 Å². The van der Waals surface area contributed by atoms with Gasteiger partial charge in [-0.25, -0.2) is 0 Å². The number of terminal acetylenes is 2. The summed E-state index contributed by atoms with van der Waals surface area (Å²) in [4.78, 5) is 0. The van der Waals surface area contributed by atoms with Gasteiger partial charge in [-0.2, -0.15) is 25.2 Å². The molecule has 0 saturated heterocycles. The van der Waals surface area contributed by atoms with Gasteiger partial charge in [0.1, 0.15) is 11.5 Å². The smallest absolute Gasteiger partial charge is 0.198 e. The van der Waals surface area contributed by atoms with Gasteiger partial charge >= 0.3 is 6.29 Å². The minimum Gasteiger partial charge on any atom is -0.198 e. The van der Waals surface area contributed by atoms with Crippen molar-refractivity contribution in [3.8, 4) is 24.7 Å². The van der Waals surface area contributed by atoms with E-state index in [9.17, 15) is 25.6 Å². The van der Waals surface area contributed by atoms with Crippen LogP contribution in [0.4, 0.5) is 8.78 Å². The first kappa shape index (κ1) is 15.8. The van der Waals surface area contributed by atoms with E-state index in [0.29, 0.717) is 0 Å². The first-order valence-corrected chi connectivity index (χ1v) is 6.80. The molecule has 0 saturated carbocycles. The van der Waals surface area contributed by atoms with E-state index in [0.717, 1.165) is 0 Å². The van der Waals surface area contributed by atoms with Gasteiger partial charge in [-0.05, 0) is 0 Å². The Balaban J connectivity index is 4.86. The van der Waals surface area contributed by atoms with Crippen LogP contribution in [0.25, 0.3) is 0 Å². The van der Waals surface area contributed by atoms with Gasteiger partial charge in [-0.15, -0.1) is 21.6 Å². The molecule has 96 valence electrons. The van der Waals surface area contributed by atoms with E-state index in [1.807, 2.05) is 0 Å². The summed E-state index contributed by atoms with van der Waals surface area (Å²) in [6.07, 6.45) is 4.24. The number of alkyl halides is 2. The molecule has 0 spiro atoms. The van der Waals surface area contributed by atoms with Crippen molar-refractivity contribution in [2.45, 2.75) is 6.29 Å². The summed E-state index contributed by atoms with van der Waals surface area (Å²) in [7, 11) is -9.61. The molecule has 0 aromatic rings. The van der Waals surface area contributed by atoms with E-state index in [1.54, 1.807) is 0 Å². The second kappa shape index (κ2) is 5.42. The van der Waals surface area contributed by atoms with Crippen LogP contribution in [-0.4, -0.2) is 34.6 Å². The molecule has 0 amide bonds. The van der Waals surface area contributed by atoms with E-state index < -0.39 is 38.0 Å². The Morgan fingerprint density at radius 1 is 0.941 bits per heavy atom. The fourth-order valence-corrected chi connectivity index (χ4v) is 1.80. The van der Waals surface area contributed by atoms with Crippen LogP contribution in [0, 0.1) is 24.7 Å². The first-order chi connectivity index (χ1) is 7.54. The van der Waals surface area contributed by atoms with Crippen LogP contribution in [0.3, 0.4) is 0 Å². The monoisotopic (exact) mass is 288 g/mol. The van der Waals surface area contributed by atoms with Gasteiger partial charge in [0.15, 0.2) is 0 Å². The van der Waals surface area contributed by atoms with E-state index in [2.05, 4.69) is 21.2 Å². The molecule has 0 bridgehead atoms. The van der Waals surface area contributed by atoms with Crippen LogP contribution in [-0.2, 0) is 28.6 Å². The van der Waals surface area contributed by atoms with Crippen molar-refractivity contribution in [3.05, 3.63) is 0 Å². The van der Waals surface area contributed by atoms with Crippen molar-refractivity contribution in [1.29, 1.82) is 0 Å². The zero-order chi connectivity index (χ0) is 13.7. The van der Waals surface area contributed by atoms with Gasteiger partial charge in [0.25, 0.3) is 20.2 Å². The van der Waals surface area contributed by atoms with E-state index >= 15 is 0 Å². The van der Waals surface area contributed by atoms with Crippen LogP contribution in [0.5, 0.6) is 0 Å². The Kier molecular flexibility index (Phi) is 5.04. The van der Waals surface area contributed by atoms with Gasteiger partial charge < -0.3 is 0 Å². The molecule has 0 unspecified atom stereocenters. The van der Waals surface area contributed by atoms with Gasteiger partial charge in [-0.3, -0.25) is 0 Å². The van der Waals surface area contributed by atoms with Crippen LogP contribution in [0.1, 0.15) is 0 Å². The molecule has 0 aliphatic carbocycles. The second-order valence-electron chi connectivity index (χ2n) is 2.44. The summed E-state index contributed by atoms with van der Waals surface area (Å²) >= 11 is 0. The highest BCUT2D eigenvalue weighted by molar-refractivity contribution is 7.87. The maximum absolute atomic E-state index is 12.7. The molecular weight excluding hydrogens is 282 g/mol. The summed E-state index contributed by atoms with van der Waals surface area (Å²) in [6.45, 7) is 0. The largest absolute Gasteiger partial charge is 0.514 e. The molecule has 0 fully saturated rings. The Morgan fingerprint density at radius 3 is 1.47 bits per heavy atom. The Labute approximate surface area is 97.2 Å². The summed E-state index contributed by atoms with van der Waals surface area (Å²) in [5.41, 5.74) is 0. The molecular formula is C7H6F2O6S2. The van der Waals surface area contributed by atoms with Gasteiger partial charge in [0.05, 0.1) is 0 Å². The fourth-order valence-electron chi connectivity index (χ4n) is 0.573. The third-order valence-corrected chi connectivity index (χ3v) is 2.90. The summed E-state index contributed by atoms with van der Waals surface area (Å²) < 4.78 is 74.7. The molecule has 0 aliphatic rings. The Bertz CT molecular complexity index is 498. The van der Waals surface area contributed by atoms with Crippen molar-refractivity contribution >= 4 is 20.2 Å². The zero-order valence-corrected chi connectivity index (χ0v) is 9.72. The Hall–Kier alpha value is -1.20. The molecule has 0 rings (SSSR count). The molecule has 0 aliphatic heterocycles. The molecule has 0 atom stereocenters. The SMILES string of the molecule is C#CCS(=O)(=O)OC(F)(F)OS(=O)(=O)CC#C. The molecule has 0 aromatic carbocycles. The minimum absolute atomic E-state index is 1.17. The molecule has 0 N–H and O–H groups in total. The van der Waals surface area contributed by atoms with Crippen LogP contribution in [0.2, 0.25) is 0 Å². The maximum Gasteiger partial charge on any atom is 0.514 e. The highest BCUT2D eigenvalue weighted by Gasteiger charge is 2.43. The summed E-state index contributed by atoms with van der Waals surface area (Å²) in [5.74, 6) is 0.739. The van der Waals surface area contributed by atoms with E-state index in [4.69, 9.17) is 0 Å². The standard InChI is InChI=1S/C7H6F2O6S2/c1-3-5-16(10,11)14-7(8,9)15-17(12,13)6-4-2/h1-2H,5-6H2. The minimum atomic E-state index is -4.90. The second-order valence-corrected chi connectivity index (χ2v) is 5.58. The zero-order valence-electron chi connectivity index (χ0n) is 8.09. The molecule has 17 heavy (non-hydrogen) atoms. The van der Waals surface area contributed by atoms with Crippen LogP contribution < -0.4 is 0 Å². The molecule has 0 radical (unpaired) electrons. The number of hydrogen-bond acceptors (Lipinski definition) is 6. The lowest BCUT2D eigenvalue weighted by molar-refractivity contribution is -0.303. The molecule has 0 aromatic heterocycles. The molecule has 6 nitrogen and oxygen atoms in total. The lowest BCUT2D eigenvalue weighted by atomic mass is 10.8. The molecule has 0 heterocycles. The topological polar surface area (TPSA) is 86.7 Å². The van der Waals surface area contributed by atoms with E-state index in [-0.39, 0.29) is 0 Å². The average molecular weight is 288 g/mol. The van der Waals surface area contributed by atoms with Crippen molar-refractivity contribution in [2.75, 3.05) is 11.5 Å². The van der Waals surface area contributed by atoms with Crippen molar-refractivity contribution < 1.29 is 34.0 Å². The lowest BCUT2D eigenvalue weighted by Crippen LogP contribution is -2.32. The number of hydrogen-bond donors (Lipinski definition) is 0. The first-order valence-electron chi connectivity index (χ1n) is 3.65. The predicted octanol–water partition coefficient (Wildman–Crippen LogP) is -0.504. The van der Waals surface area contributed by atoms with Gasteiger partial charge in [0.2, 0.25) is 0 Å². The quantitative estimate of drug-likeness (QED) is 0.372. The summed E-state index contributed by atoms with van der Waals surface area (Å²) in [5, 5.41) is 0.